The minimum Gasteiger partial charge on any atom is -0.479 e. The molecule has 2 atom stereocenters. The van der Waals surface area contributed by atoms with Crippen molar-refractivity contribution in [3.8, 4) is 11.8 Å². The van der Waals surface area contributed by atoms with Gasteiger partial charge in [-0.25, -0.2) is 0 Å². The van der Waals surface area contributed by atoms with Gasteiger partial charge in [0.2, 0.25) is 5.91 Å². The summed E-state index contributed by atoms with van der Waals surface area (Å²) in [6.45, 7) is 1.86. The molecule has 2 unspecified atom stereocenters. The SMILES string of the molecule is CC(CC(O)c1cccs1)NC(=O)Cc1cccc(OCC#N)c1. The first-order valence-corrected chi connectivity index (χ1v) is 8.56. The molecule has 0 bridgehead atoms. The van der Waals surface area contributed by atoms with Crippen LogP contribution >= 0.6 is 11.3 Å². The van der Waals surface area contributed by atoms with Crippen LogP contribution in [0.25, 0.3) is 0 Å². The van der Waals surface area contributed by atoms with Crippen LogP contribution < -0.4 is 10.1 Å². The van der Waals surface area contributed by atoms with E-state index in [-0.39, 0.29) is 25.0 Å². The molecule has 2 rings (SSSR count). The van der Waals surface area contributed by atoms with E-state index in [2.05, 4.69) is 5.32 Å². The molecule has 126 valence electrons. The van der Waals surface area contributed by atoms with Gasteiger partial charge in [-0.1, -0.05) is 18.2 Å². The second kappa shape index (κ2) is 9.06. The number of carbonyl (C=O) groups excluding carboxylic acids is 1. The van der Waals surface area contributed by atoms with Gasteiger partial charge < -0.3 is 15.2 Å². The Labute approximate surface area is 145 Å². The van der Waals surface area contributed by atoms with Crippen LogP contribution in [0.3, 0.4) is 0 Å². The number of aliphatic hydroxyl groups is 1. The van der Waals surface area contributed by atoms with Crippen molar-refractivity contribution in [3.05, 3.63) is 52.2 Å². The zero-order chi connectivity index (χ0) is 17.4. The maximum atomic E-state index is 12.1. The van der Waals surface area contributed by atoms with Gasteiger partial charge in [-0.3, -0.25) is 4.79 Å². The van der Waals surface area contributed by atoms with E-state index in [0.29, 0.717) is 12.2 Å². The highest BCUT2D eigenvalue weighted by atomic mass is 32.1. The van der Waals surface area contributed by atoms with E-state index in [9.17, 15) is 9.90 Å². The summed E-state index contributed by atoms with van der Waals surface area (Å²) >= 11 is 1.50. The van der Waals surface area contributed by atoms with Crippen LogP contribution in [0, 0.1) is 11.3 Å². The molecule has 1 aromatic carbocycles. The summed E-state index contributed by atoms with van der Waals surface area (Å²) in [5.41, 5.74) is 0.814. The Kier molecular flexibility index (Phi) is 6.79. The molecular weight excluding hydrogens is 324 g/mol. The average Bonchev–Trinajstić information content (AvgIpc) is 3.07. The Morgan fingerprint density at radius 1 is 1.42 bits per heavy atom. The molecule has 2 aromatic rings. The minimum absolute atomic E-state index is 0.0205. The first-order chi connectivity index (χ1) is 11.6. The van der Waals surface area contributed by atoms with Crippen molar-refractivity contribution >= 4 is 17.2 Å². The van der Waals surface area contributed by atoms with Crippen LogP contribution in [-0.4, -0.2) is 23.7 Å². The maximum absolute atomic E-state index is 12.1. The number of ether oxygens (including phenoxy) is 1. The van der Waals surface area contributed by atoms with Crippen LogP contribution in [0.4, 0.5) is 0 Å². The summed E-state index contributed by atoms with van der Waals surface area (Å²) in [7, 11) is 0. The number of benzene rings is 1. The van der Waals surface area contributed by atoms with Crippen molar-refractivity contribution in [2.24, 2.45) is 0 Å². The summed E-state index contributed by atoms with van der Waals surface area (Å²) in [5.74, 6) is 0.460. The Bertz CT molecular complexity index is 695. The van der Waals surface area contributed by atoms with Gasteiger partial charge in [-0.15, -0.1) is 11.3 Å². The number of carbonyl (C=O) groups is 1. The fourth-order valence-corrected chi connectivity index (χ4v) is 3.09. The first-order valence-electron chi connectivity index (χ1n) is 7.68. The lowest BCUT2D eigenvalue weighted by atomic mass is 10.1. The quantitative estimate of drug-likeness (QED) is 0.771. The van der Waals surface area contributed by atoms with Gasteiger partial charge in [0.05, 0.1) is 12.5 Å². The Hall–Kier alpha value is -2.36. The standard InChI is InChI=1S/C18H20N2O3S/c1-13(10-16(21)17-6-3-9-24-17)20-18(22)12-14-4-2-5-15(11-14)23-8-7-19/h2-6,9,11,13,16,21H,8,10,12H2,1H3,(H,20,22). The van der Waals surface area contributed by atoms with Gasteiger partial charge in [0, 0.05) is 10.9 Å². The van der Waals surface area contributed by atoms with E-state index in [0.717, 1.165) is 10.4 Å². The molecule has 24 heavy (non-hydrogen) atoms. The summed E-state index contributed by atoms with van der Waals surface area (Å²) in [6, 6.07) is 12.7. The van der Waals surface area contributed by atoms with E-state index in [1.807, 2.05) is 36.6 Å². The number of hydrogen-bond acceptors (Lipinski definition) is 5. The molecule has 6 heteroatoms. The molecule has 2 N–H and O–H groups in total. The summed E-state index contributed by atoms with van der Waals surface area (Å²) in [5, 5.41) is 23.5. The number of hydrogen-bond donors (Lipinski definition) is 2. The van der Waals surface area contributed by atoms with Crippen LogP contribution in [0.1, 0.15) is 29.9 Å². The lowest BCUT2D eigenvalue weighted by molar-refractivity contribution is -0.121. The van der Waals surface area contributed by atoms with Crippen LogP contribution in [0.5, 0.6) is 5.75 Å². The zero-order valence-electron chi connectivity index (χ0n) is 13.4. The van der Waals surface area contributed by atoms with Gasteiger partial charge in [0.1, 0.15) is 11.8 Å². The van der Waals surface area contributed by atoms with Gasteiger partial charge in [-0.05, 0) is 42.5 Å². The zero-order valence-corrected chi connectivity index (χ0v) is 14.3. The molecule has 1 aromatic heterocycles. The third-order valence-electron chi connectivity index (χ3n) is 3.42. The molecular formula is C18H20N2O3S. The number of nitrogens with one attached hydrogen (secondary N) is 1. The topological polar surface area (TPSA) is 82.3 Å². The van der Waals surface area contributed by atoms with Gasteiger partial charge in [-0.2, -0.15) is 5.26 Å². The Morgan fingerprint density at radius 2 is 2.25 bits per heavy atom. The molecule has 0 aliphatic heterocycles. The first kappa shape index (κ1) is 18.0. The van der Waals surface area contributed by atoms with Crippen molar-refractivity contribution in [1.29, 1.82) is 5.26 Å². The summed E-state index contributed by atoms with van der Waals surface area (Å²) in [6.07, 6.45) is 0.129. The second-order valence-electron chi connectivity index (χ2n) is 5.51. The number of nitriles is 1. The van der Waals surface area contributed by atoms with Gasteiger partial charge in [0.15, 0.2) is 6.61 Å². The molecule has 0 aliphatic rings. The highest BCUT2D eigenvalue weighted by Gasteiger charge is 2.15. The van der Waals surface area contributed by atoms with Crippen LogP contribution in [0.2, 0.25) is 0 Å². The molecule has 0 fully saturated rings. The fraction of sp³-hybridized carbons (Fsp3) is 0.333. The smallest absolute Gasteiger partial charge is 0.224 e. The van der Waals surface area contributed by atoms with Crippen molar-refractivity contribution < 1.29 is 14.6 Å². The largest absolute Gasteiger partial charge is 0.479 e. The molecule has 5 nitrogen and oxygen atoms in total. The van der Waals surface area contributed by atoms with E-state index in [4.69, 9.17) is 10.00 Å². The van der Waals surface area contributed by atoms with Crippen molar-refractivity contribution in [1.82, 2.24) is 5.32 Å². The van der Waals surface area contributed by atoms with E-state index in [1.54, 1.807) is 18.2 Å². The van der Waals surface area contributed by atoms with Crippen LogP contribution in [0.15, 0.2) is 41.8 Å². The predicted molar refractivity (Wildman–Crippen MR) is 92.8 cm³/mol. The highest BCUT2D eigenvalue weighted by molar-refractivity contribution is 7.10. The molecule has 0 aliphatic carbocycles. The number of aliphatic hydroxyl groups excluding tert-OH is 1. The summed E-state index contributed by atoms with van der Waals surface area (Å²) in [4.78, 5) is 13.0. The number of rotatable bonds is 8. The van der Waals surface area contributed by atoms with E-state index >= 15 is 0 Å². The Balaban J connectivity index is 1.83. The third-order valence-corrected chi connectivity index (χ3v) is 4.40. The monoisotopic (exact) mass is 344 g/mol. The van der Waals surface area contributed by atoms with E-state index in [1.165, 1.54) is 11.3 Å². The highest BCUT2D eigenvalue weighted by Crippen LogP contribution is 2.22. The van der Waals surface area contributed by atoms with Crippen LogP contribution in [-0.2, 0) is 11.2 Å². The lowest BCUT2D eigenvalue weighted by Crippen LogP contribution is -2.34. The summed E-state index contributed by atoms with van der Waals surface area (Å²) < 4.78 is 5.23. The third kappa shape index (κ3) is 5.69. The number of thiophene rings is 1. The minimum atomic E-state index is -0.567. The van der Waals surface area contributed by atoms with Crippen molar-refractivity contribution in [2.45, 2.75) is 31.9 Å². The number of nitrogens with zero attached hydrogens (tertiary/aromatic N) is 1. The van der Waals surface area contributed by atoms with E-state index < -0.39 is 6.10 Å². The van der Waals surface area contributed by atoms with Gasteiger partial charge in [0.25, 0.3) is 0 Å². The fourth-order valence-electron chi connectivity index (χ4n) is 2.36. The maximum Gasteiger partial charge on any atom is 0.224 e. The molecule has 0 saturated carbocycles. The molecule has 0 saturated heterocycles. The molecule has 0 spiro atoms. The van der Waals surface area contributed by atoms with Gasteiger partial charge >= 0.3 is 0 Å². The second-order valence-corrected chi connectivity index (χ2v) is 6.49. The average molecular weight is 344 g/mol. The Morgan fingerprint density at radius 3 is 2.96 bits per heavy atom. The normalized spacial score (nSPS) is 12.9. The predicted octanol–water partition coefficient (Wildman–Crippen LogP) is 2.82. The van der Waals surface area contributed by atoms with Crippen molar-refractivity contribution in [3.63, 3.8) is 0 Å². The van der Waals surface area contributed by atoms with Crippen molar-refractivity contribution in [2.75, 3.05) is 6.61 Å². The number of amides is 1. The lowest BCUT2D eigenvalue weighted by Gasteiger charge is -2.17. The molecule has 0 radical (unpaired) electrons. The molecule has 1 heterocycles. The molecule has 1 amide bonds.